The standard InChI is InChI=1S/C15H16ClN3O2/c1-10(8-11-4-3-7-21-11)19-13(9-16)17-12-5-6-14(20-2)18-15(12)19/h3-7,10H,8-9H2,1-2H3. The molecule has 0 saturated heterocycles. The molecule has 0 aromatic carbocycles. The number of hydrogen-bond donors (Lipinski definition) is 0. The molecule has 3 aromatic rings. The van der Waals surface area contributed by atoms with Crippen LogP contribution in [0.15, 0.2) is 34.9 Å². The lowest BCUT2D eigenvalue weighted by Crippen LogP contribution is -2.11. The number of pyridine rings is 1. The summed E-state index contributed by atoms with van der Waals surface area (Å²) in [5.41, 5.74) is 1.60. The number of aromatic nitrogens is 3. The van der Waals surface area contributed by atoms with Crippen molar-refractivity contribution in [2.75, 3.05) is 7.11 Å². The van der Waals surface area contributed by atoms with Crippen molar-refractivity contribution in [1.82, 2.24) is 14.5 Å². The van der Waals surface area contributed by atoms with Crippen LogP contribution in [0.4, 0.5) is 0 Å². The van der Waals surface area contributed by atoms with Crippen molar-refractivity contribution in [2.24, 2.45) is 0 Å². The number of nitrogens with zero attached hydrogens (tertiary/aromatic N) is 3. The minimum absolute atomic E-state index is 0.134. The van der Waals surface area contributed by atoms with Gasteiger partial charge in [0.05, 0.1) is 19.3 Å². The summed E-state index contributed by atoms with van der Waals surface area (Å²) in [6.07, 6.45) is 2.43. The highest BCUT2D eigenvalue weighted by atomic mass is 35.5. The van der Waals surface area contributed by atoms with Crippen LogP contribution in [-0.4, -0.2) is 21.6 Å². The number of ether oxygens (including phenoxy) is 1. The van der Waals surface area contributed by atoms with E-state index in [-0.39, 0.29) is 6.04 Å². The third kappa shape index (κ3) is 2.61. The molecule has 3 rings (SSSR count). The summed E-state index contributed by atoms with van der Waals surface area (Å²) < 4.78 is 12.7. The van der Waals surface area contributed by atoms with Gasteiger partial charge < -0.3 is 13.7 Å². The van der Waals surface area contributed by atoms with Crippen LogP contribution in [0.25, 0.3) is 11.2 Å². The fourth-order valence-corrected chi connectivity index (χ4v) is 2.67. The molecule has 6 heteroatoms. The van der Waals surface area contributed by atoms with Gasteiger partial charge in [0.15, 0.2) is 5.65 Å². The average Bonchev–Trinajstić information content (AvgIpc) is 3.12. The highest BCUT2D eigenvalue weighted by Crippen LogP contribution is 2.25. The number of imidazole rings is 1. The predicted molar refractivity (Wildman–Crippen MR) is 80.8 cm³/mol. The summed E-state index contributed by atoms with van der Waals surface area (Å²) in [7, 11) is 1.60. The summed E-state index contributed by atoms with van der Waals surface area (Å²) >= 11 is 6.04. The van der Waals surface area contributed by atoms with Gasteiger partial charge in [0, 0.05) is 18.5 Å². The number of methoxy groups -OCH3 is 1. The normalized spacial score (nSPS) is 12.7. The van der Waals surface area contributed by atoms with Gasteiger partial charge in [-0.15, -0.1) is 11.6 Å². The van der Waals surface area contributed by atoms with Gasteiger partial charge in [-0.25, -0.2) is 4.98 Å². The quantitative estimate of drug-likeness (QED) is 0.676. The maximum atomic E-state index is 6.04. The highest BCUT2D eigenvalue weighted by Gasteiger charge is 2.18. The molecule has 3 heterocycles. The van der Waals surface area contributed by atoms with Gasteiger partial charge in [0.1, 0.15) is 17.1 Å². The van der Waals surface area contributed by atoms with Crippen molar-refractivity contribution in [3.05, 3.63) is 42.1 Å². The molecule has 110 valence electrons. The topological polar surface area (TPSA) is 53.1 Å². The zero-order valence-corrected chi connectivity index (χ0v) is 12.7. The van der Waals surface area contributed by atoms with E-state index >= 15 is 0 Å². The van der Waals surface area contributed by atoms with Crippen molar-refractivity contribution >= 4 is 22.8 Å². The number of alkyl halides is 1. The van der Waals surface area contributed by atoms with E-state index in [1.807, 2.05) is 22.8 Å². The second-order valence-corrected chi connectivity index (χ2v) is 5.13. The minimum atomic E-state index is 0.134. The van der Waals surface area contributed by atoms with Gasteiger partial charge in [-0.05, 0) is 25.1 Å². The lowest BCUT2D eigenvalue weighted by Gasteiger charge is -2.15. The molecule has 1 unspecified atom stereocenters. The van der Waals surface area contributed by atoms with Gasteiger partial charge in [0.2, 0.25) is 5.88 Å². The molecule has 0 saturated carbocycles. The lowest BCUT2D eigenvalue weighted by molar-refractivity contribution is 0.397. The van der Waals surface area contributed by atoms with Crippen LogP contribution in [0.3, 0.4) is 0 Å². The third-order valence-corrected chi connectivity index (χ3v) is 3.67. The molecule has 21 heavy (non-hydrogen) atoms. The Labute approximate surface area is 127 Å². The Hall–Kier alpha value is -2.01. The summed E-state index contributed by atoms with van der Waals surface area (Å²) in [5.74, 6) is 2.62. The first-order chi connectivity index (χ1) is 10.2. The van der Waals surface area contributed by atoms with Gasteiger partial charge in [0.25, 0.3) is 0 Å². The minimum Gasteiger partial charge on any atom is -0.481 e. The molecule has 0 radical (unpaired) electrons. The van der Waals surface area contributed by atoms with Crippen molar-refractivity contribution in [3.8, 4) is 5.88 Å². The van der Waals surface area contributed by atoms with E-state index in [0.717, 1.165) is 29.2 Å². The lowest BCUT2D eigenvalue weighted by atomic mass is 10.2. The van der Waals surface area contributed by atoms with Crippen LogP contribution in [0.5, 0.6) is 5.88 Å². The van der Waals surface area contributed by atoms with Gasteiger partial charge in [-0.3, -0.25) is 0 Å². The molecule has 0 bridgehead atoms. The Morgan fingerprint density at radius 2 is 2.19 bits per heavy atom. The number of hydrogen-bond acceptors (Lipinski definition) is 4. The smallest absolute Gasteiger partial charge is 0.215 e. The van der Waals surface area contributed by atoms with E-state index in [4.69, 9.17) is 20.8 Å². The van der Waals surface area contributed by atoms with Crippen molar-refractivity contribution in [1.29, 1.82) is 0 Å². The number of furan rings is 1. The van der Waals surface area contributed by atoms with E-state index in [1.54, 1.807) is 19.4 Å². The first kappa shape index (κ1) is 13.9. The highest BCUT2D eigenvalue weighted by molar-refractivity contribution is 6.16. The Balaban J connectivity index is 2.05. The van der Waals surface area contributed by atoms with Gasteiger partial charge >= 0.3 is 0 Å². The Kier molecular flexibility index (Phi) is 3.84. The second-order valence-electron chi connectivity index (χ2n) is 4.86. The molecule has 1 atom stereocenters. The van der Waals surface area contributed by atoms with Crippen LogP contribution in [0.2, 0.25) is 0 Å². The van der Waals surface area contributed by atoms with Crippen LogP contribution in [0.1, 0.15) is 24.6 Å². The number of halogens is 1. The van der Waals surface area contributed by atoms with Crippen LogP contribution in [-0.2, 0) is 12.3 Å². The number of rotatable bonds is 5. The predicted octanol–water partition coefficient (Wildman–Crippen LogP) is 3.58. The molecule has 3 aromatic heterocycles. The second kappa shape index (κ2) is 5.77. The van der Waals surface area contributed by atoms with Crippen LogP contribution in [0, 0.1) is 0 Å². The maximum Gasteiger partial charge on any atom is 0.215 e. The van der Waals surface area contributed by atoms with Crippen molar-refractivity contribution in [2.45, 2.75) is 25.3 Å². The van der Waals surface area contributed by atoms with Crippen molar-refractivity contribution in [3.63, 3.8) is 0 Å². The summed E-state index contributed by atoms with van der Waals surface area (Å²) in [5, 5.41) is 0. The first-order valence-electron chi connectivity index (χ1n) is 6.73. The third-order valence-electron chi connectivity index (χ3n) is 3.43. The zero-order valence-electron chi connectivity index (χ0n) is 11.9. The molecule has 0 spiro atoms. The first-order valence-corrected chi connectivity index (χ1v) is 7.26. The molecule has 0 aliphatic carbocycles. The molecule has 0 aliphatic heterocycles. The summed E-state index contributed by atoms with van der Waals surface area (Å²) in [4.78, 5) is 9.04. The van der Waals surface area contributed by atoms with Crippen LogP contribution >= 0.6 is 11.6 Å². The Morgan fingerprint density at radius 3 is 2.86 bits per heavy atom. The van der Waals surface area contributed by atoms with Crippen molar-refractivity contribution < 1.29 is 9.15 Å². The molecule has 5 nitrogen and oxygen atoms in total. The molecule has 0 N–H and O–H groups in total. The molecule has 0 amide bonds. The van der Waals surface area contributed by atoms with E-state index in [1.165, 1.54) is 0 Å². The fraction of sp³-hybridized carbons (Fsp3) is 0.333. The van der Waals surface area contributed by atoms with E-state index in [2.05, 4.69) is 16.9 Å². The van der Waals surface area contributed by atoms with E-state index in [0.29, 0.717) is 11.8 Å². The largest absolute Gasteiger partial charge is 0.481 e. The Bertz CT molecular complexity index is 737. The summed E-state index contributed by atoms with van der Waals surface area (Å²) in [6, 6.07) is 7.68. The maximum absolute atomic E-state index is 6.04. The average molecular weight is 306 g/mol. The van der Waals surface area contributed by atoms with Gasteiger partial charge in [-0.2, -0.15) is 4.98 Å². The molecule has 0 aliphatic rings. The monoisotopic (exact) mass is 305 g/mol. The van der Waals surface area contributed by atoms with E-state index < -0.39 is 0 Å². The Morgan fingerprint density at radius 1 is 1.33 bits per heavy atom. The molecular weight excluding hydrogens is 290 g/mol. The van der Waals surface area contributed by atoms with Crippen LogP contribution < -0.4 is 4.74 Å². The SMILES string of the molecule is COc1ccc2nc(CCl)n(C(C)Cc3ccco3)c2n1. The van der Waals surface area contributed by atoms with E-state index in [9.17, 15) is 0 Å². The zero-order chi connectivity index (χ0) is 14.8. The summed E-state index contributed by atoms with van der Waals surface area (Å²) in [6.45, 7) is 2.10. The number of fused-ring (bicyclic) bond motifs is 1. The van der Waals surface area contributed by atoms with Gasteiger partial charge in [-0.1, -0.05) is 0 Å². The molecular formula is C15H16ClN3O2. The molecule has 0 fully saturated rings. The fourth-order valence-electron chi connectivity index (χ4n) is 2.49.